The van der Waals surface area contributed by atoms with Crippen molar-refractivity contribution in [3.8, 4) is 0 Å². The van der Waals surface area contributed by atoms with Crippen molar-refractivity contribution in [1.82, 2.24) is 0 Å². The van der Waals surface area contributed by atoms with E-state index in [-0.39, 0.29) is 5.97 Å². The van der Waals surface area contributed by atoms with Crippen LogP contribution in [0.2, 0.25) is 0 Å². The Morgan fingerprint density at radius 1 is 1.53 bits per heavy atom. The first-order chi connectivity index (χ1) is 6.93. The fraction of sp³-hybridized carbons (Fsp3) is 0.500. The normalized spacial score (nSPS) is 12.1. The van der Waals surface area contributed by atoms with E-state index in [1.807, 2.05) is 13.8 Å². The lowest BCUT2D eigenvalue weighted by Gasteiger charge is -2.08. The maximum atomic E-state index is 10.9. The Morgan fingerprint density at radius 2 is 2.00 bits per heavy atom. The van der Waals surface area contributed by atoms with E-state index in [1.165, 1.54) is 0 Å². The third kappa shape index (κ3) is 7.42. The van der Waals surface area contributed by atoms with Gasteiger partial charge < -0.3 is 9.84 Å². The molecule has 5 heteroatoms. The molecule has 0 aromatic heterocycles. The molecule has 84 valence electrons. The van der Waals surface area contributed by atoms with Gasteiger partial charge in [0.2, 0.25) is 0 Å². The number of aliphatic imine (C=N–C) groups is 1. The fourth-order valence-electron chi connectivity index (χ4n) is 0.586. The summed E-state index contributed by atoms with van der Waals surface area (Å²) in [6, 6.07) is 0. The van der Waals surface area contributed by atoms with Gasteiger partial charge in [-0.3, -0.25) is 4.79 Å². The number of hydrogen-bond acceptors (Lipinski definition) is 4. The van der Waals surface area contributed by atoms with Gasteiger partial charge in [-0.2, -0.15) is 0 Å². The predicted molar refractivity (Wildman–Crippen MR) is 55.7 cm³/mol. The molecule has 15 heavy (non-hydrogen) atoms. The van der Waals surface area contributed by atoms with E-state index in [0.29, 0.717) is 18.2 Å². The van der Waals surface area contributed by atoms with Crippen LogP contribution in [0, 0.1) is 5.92 Å². The number of nitrogens with zero attached hydrogens (tertiary/aromatic N) is 1. The third-order valence-electron chi connectivity index (χ3n) is 1.20. The molecular weight excluding hydrogens is 198 g/mol. The van der Waals surface area contributed by atoms with Crippen LogP contribution < -0.4 is 0 Å². The van der Waals surface area contributed by atoms with Crippen LogP contribution in [0.3, 0.4) is 0 Å². The van der Waals surface area contributed by atoms with Crippen LogP contribution in [0.4, 0.5) is 0 Å². The number of carbonyl (C=O) groups is 2. The molecule has 0 aromatic rings. The lowest BCUT2D eigenvalue weighted by atomic mass is 10.2. The maximum absolute atomic E-state index is 10.9. The average molecular weight is 213 g/mol. The molecule has 1 rings (SSSR count). The van der Waals surface area contributed by atoms with Gasteiger partial charge in [0.25, 0.3) is 5.97 Å². The summed E-state index contributed by atoms with van der Waals surface area (Å²) >= 11 is 0. The van der Waals surface area contributed by atoms with Gasteiger partial charge in [0.05, 0.1) is 6.61 Å². The molecular formula is C10H15NO4. The summed E-state index contributed by atoms with van der Waals surface area (Å²) in [5.41, 5.74) is 0.422. The summed E-state index contributed by atoms with van der Waals surface area (Å²) in [5.74, 6) is -0.773. The number of ether oxygens (including phenoxy) is 1. The minimum atomic E-state index is -0.833. The lowest BCUT2D eigenvalue weighted by Crippen LogP contribution is -2.20. The van der Waals surface area contributed by atoms with Crippen molar-refractivity contribution in [3.05, 3.63) is 12.3 Å². The van der Waals surface area contributed by atoms with Crippen molar-refractivity contribution in [2.75, 3.05) is 6.61 Å². The Kier molecular flexibility index (Phi) is 6.01. The zero-order valence-electron chi connectivity index (χ0n) is 9.06. The van der Waals surface area contributed by atoms with Crippen LogP contribution in [-0.4, -0.2) is 29.4 Å². The summed E-state index contributed by atoms with van der Waals surface area (Å²) in [4.78, 5) is 23.6. The number of aliphatic carboxylic acids is 1. The second-order valence-electron chi connectivity index (χ2n) is 3.34. The summed E-state index contributed by atoms with van der Waals surface area (Å²) in [7, 11) is 0. The number of esters is 1. The Morgan fingerprint density at radius 3 is 2.27 bits per heavy atom. The zero-order chi connectivity index (χ0) is 11.8. The van der Waals surface area contributed by atoms with E-state index in [1.54, 1.807) is 12.3 Å². The summed E-state index contributed by atoms with van der Waals surface area (Å²) < 4.78 is 4.89. The highest BCUT2D eigenvalue weighted by atomic mass is 16.5. The van der Waals surface area contributed by atoms with Gasteiger partial charge in [-0.1, -0.05) is 13.8 Å². The van der Waals surface area contributed by atoms with Crippen molar-refractivity contribution in [1.29, 1.82) is 0 Å². The van der Waals surface area contributed by atoms with E-state index in [0.717, 1.165) is 6.92 Å². The van der Waals surface area contributed by atoms with Crippen LogP contribution in [0.15, 0.2) is 17.3 Å². The summed E-state index contributed by atoms with van der Waals surface area (Å²) in [5, 5.41) is 7.42. The molecule has 0 bridgehead atoms. The molecule has 1 N–H and O–H groups in total. The molecule has 0 unspecified atom stereocenters. The van der Waals surface area contributed by atoms with Crippen LogP contribution in [0.1, 0.15) is 20.8 Å². The largest absolute Gasteiger partial charge is 0.481 e. The molecule has 0 saturated heterocycles. The van der Waals surface area contributed by atoms with Crippen molar-refractivity contribution >= 4 is 17.7 Å². The molecule has 0 aromatic carbocycles. The topological polar surface area (TPSA) is 76.0 Å². The molecule has 0 aliphatic carbocycles. The minimum absolute atomic E-state index is 0.318. The second-order valence-corrected chi connectivity index (χ2v) is 3.34. The predicted octanol–water partition coefficient (Wildman–Crippen LogP) is 1.24. The number of carboxylic acids is 1. The smallest absolute Gasteiger partial charge is 0.356 e. The fourth-order valence-corrected chi connectivity index (χ4v) is 0.586. The molecule has 1 aliphatic rings. The molecule has 0 spiro atoms. The van der Waals surface area contributed by atoms with Crippen molar-refractivity contribution in [2.45, 2.75) is 20.8 Å². The minimum Gasteiger partial charge on any atom is -0.481 e. The monoisotopic (exact) mass is 213 g/mol. The molecule has 0 saturated carbocycles. The molecule has 1 heterocycles. The first-order valence-electron chi connectivity index (χ1n) is 4.54. The molecule has 0 radical (unpaired) electrons. The number of carboxylic acid groups (broad SMARTS) is 1. The summed E-state index contributed by atoms with van der Waals surface area (Å²) in [6.45, 7) is 5.53. The molecule has 0 atom stereocenters. The van der Waals surface area contributed by atoms with Crippen LogP contribution in [-0.2, 0) is 14.3 Å². The zero-order valence-corrected chi connectivity index (χ0v) is 9.06. The Bertz CT molecular complexity index is 288. The first-order valence-corrected chi connectivity index (χ1v) is 4.54. The SMILES string of the molecule is CC(=O)O.CC(C)COC(=O)C1=NC=C1. The van der Waals surface area contributed by atoms with Crippen LogP contribution >= 0.6 is 0 Å². The quantitative estimate of drug-likeness (QED) is 0.716. The highest BCUT2D eigenvalue weighted by Crippen LogP contribution is 2.00. The van der Waals surface area contributed by atoms with Gasteiger partial charge in [-0.25, -0.2) is 9.79 Å². The van der Waals surface area contributed by atoms with E-state index < -0.39 is 5.97 Å². The van der Waals surface area contributed by atoms with Crippen molar-refractivity contribution < 1.29 is 19.4 Å². The van der Waals surface area contributed by atoms with E-state index >= 15 is 0 Å². The molecule has 5 nitrogen and oxygen atoms in total. The molecule has 0 fully saturated rings. The highest BCUT2D eigenvalue weighted by Gasteiger charge is 2.13. The van der Waals surface area contributed by atoms with E-state index in [2.05, 4.69) is 4.99 Å². The summed E-state index contributed by atoms with van der Waals surface area (Å²) in [6.07, 6.45) is 3.22. The number of rotatable bonds is 3. The van der Waals surface area contributed by atoms with Crippen molar-refractivity contribution in [2.24, 2.45) is 10.9 Å². The van der Waals surface area contributed by atoms with E-state index in [4.69, 9.17) is 14.6 Å². The average Bonchev–Trinajstić information content (AvgIpc) is 1.96. The van der Waals surface area contributed by atoms with Crippen LogP contribution in [0.5, 0.6) is 0 Å². The van der Waals surface area contributed by atoms with Gasteiger partial charge in [-0.05, 0) is 12.0 Å². The number of carbonyl (C=O) groups excluding carboxylic acids is 1. The second kappa shape index (κ2) is 6.75. The first kappa shape index (κ1) is 13.4. The number of hydrogen-bond donors (Lipinski definition) is 1. The Hall–Kier alpha value is -1.65. The van der Waals surface area contributed by atoms with Gasteiger partial charge in [0.1, 0.15) is 5.71 Å². The lowest BCUT2D eigenvalue weighted by molar-refractivity contribution is -0.136. The van der Waals surface area contributed by atoms with Gasteiger partial charge in [0, 0.05) is 13.1 Å². The van der Waals surface area contributed by atoms with Crippen LogP contribution in [0.25, 0.3) is 0 Å². The Balaban J connectivity index is 0.000000423. The standard InChI is InChI=1S/C8H11NO2.C2H4O2/c1-6(2)5-11-8(10)7-3-4-9-7;1-2(3)4/h3-4,6H,5H2,1-2H3;1H3,(H,3,4). The molecule has 0 amide bonds. The van der Waals surface area contributed by atoms with E-state index in [9.17, 15) is 4.79 Å². The molecule has 1 aliphatic heterocycles. The van der Waals surface area contributed by atoms with Gasteiger partial charge >= 0.3 is 5.97 Å². The highest BCUT2D eigenvalue weighted by molar-refractivity contribution is 6.43. The Labute approximate surface area is 88.5 Å². The maximum Gasteiger partial charge on any atom is 0.356 e. The van der Waals surface area contributed by atoms with Gasteiger partial charge in [-0.15, -0.1) is 0 Å². The third-order valence-corrected chi connectivity index (χ3v) is 1.20. The van der Waals surface area contributed by atoms with Gasteiger partial charge in [0.15, 0.2) is 0 Å². The van der Waals surface area contributed by atoms with Crippen molar-refractivity contribution in [3.63, 3.8) is 0 Å².